The fourth-order valence-corrected chi connectivity index (χ4v) is 1.64. The molecule has 0 atom stereocenters. The Morgan fingerprint density at radius 3 is 2.78 bits per heavy atom. The van der Waals surface area contributed by atoms with Crippen molar-refractivity contribution in [1.82, 2.24) is 14.9 Å². The lowest BCUT2D eigenvalue weighted by Crippen LogP contribution is -2.27. The minimum absolute atomic E-state index is 0.0222. The van der Waals surface area contributed by atoms with E-state index < -0.39 is 11.9 Å². The van der Waals surface area contributed by atoms with E-state index in [0.717, 1.165) is 18.8 Å². The molecule has 0 amide bonds. The second-order valence-corrected chi connectivity index (χ2v) is 4.40. The lowest BCUT2D eigenvalue weighted by atomic mass is 10.4. The minimum atomic E-state index is -4.43. The zero-order valence-corrected chi connectivity index (χ0v) is 10.0. The van der Waals surface area contributed by atoms with Gasteiger partial charge in [-0.2, -0.15) is 13.2 Å². The summed E-state index contributed by atoms with van der Waals surface area (Å²) in [5.41, 5.74) is -0.921. The fourth-order valence-electron chi connectivity index (χ4n) is 1.64. The molecule has 0 aromatic carbocycles. The van der Waals surface area contributed by atoms with Gasteiger partial charge < -0.3 is 10.2 Å². The summed E-state index contributed by atoms with van der Waals surface area (Å²) >= 11 is 0. The predicted molar refractivity (Wildman–Crippen MR) is 61.2 cm³/mol. The first-order chi connectivity index (χ1) is 8.47. The van der Waals surface area contributed by atoms with Crippen molar-refractivity contribution in [3.05, 3.63) is 18.0 Å². The van der Waals surface area contributed by atoms with Gasteiger partial charge in [-0.1, -0.05) is 0 Å². The third-order valence-electron chi connectivity index (χ3n) is 2.86. The van der Waals surface area contributed by atoms with Crippen LogP contribution >= 0.6 is 0 Å². The van der Waals surface area contributed by atoms with Crippen molar-refractivity contribution in [3.63, 3.8) is 0 Å². The van der Waals surface area contributed by atoms with E-state index in [1.165, 1.54) is 12.8 Å². The summed E-state index contributed by atoms with van der Waals surface area (Å²) in [6.07, 6.45) is -0.903. The van der Waals surface area contributed by atoms with Gasteiger partial charge in [0.05, 0.1) is 0 Å². The Morgan fingerprint density at radius 2 is 2.17 bits per heavy atom. The van der Waals surface area contributed by atoms with Gasteiger partial charge >= 0.3 is 6.18 Å². The first kappa shape index (κ1) is 13.1. The largest absolute Gasteiger partial charge is 0.433 e. The number of hydrogen-bond donors (Lipinski definition) is 1. The Kier molecular flexibility index (Phi) is 3.70. The van der Waals surface area contributed by atoms with Gasteiger partial charge in [-0.05, 0) is 26.0 Å². The molecule has 0 saturated heterocycles. The molecule has 1 aliphatic rings. The van der Waals surface area contributed by atoms with Gasteiger partial charge in [0.15, 0.2) is 0 Å². The van der Waals surface area contributed by atoms with Gasteiger partial charge in [0.25, 0.3) is 0 Å². The normalized spacial score (nSPS) is 16.1. The summed E-state index contributed by atoms with van der Waals surface area (Å²) in [5.74, 6) is 0.0222. The van der Waals surface area contributed by atoms with Crippen molar-refractivity contribution in [1.29, 1.82) is 0 Å². The van der Waals surface area contributed by atoms with E-state index in [1.807, 2.05) is 7.05 Å². The van der Waals surface area contributed by atoms with Gasteiger partial charge in [0.2, 0.25) is 5.95 Å². The van der Waals surface area contributed by atoms with Crippen LogP contribution in [0, 0.1) is 0 Å². The fraction of sp³-hybridized carbons (Fsp3) is 0.636. The van der Waals surface area contributed by atoms with Gasteiger partial charge in [0.1, 0.15) is 5.69 Å². The smallest absolute Gasteiger partial charge is 0.353 e. The molecule has 0 aliphatic heterocycles. The van der Waals surface area contributed by atoms with Gasteiger partial charge in [-0.3, -0.25) is 0 Å². The van der Waals surface area contributed by atoms with Crippen molar-refractivity contribution < 1.29 is 13.2 Å². The third kappa shape index (κ3) is 3.56. The highest BCUT2D eigenvalue weighted by Gasteiger charge is 2.32. The molecule has 0 spiro atoms. The summed E-state index contributed by atoms with van der Waals surface area (Å²) in [7, 11) is 2.01. The van der Waals surface area contributed by atoms with Crippen molar-refractivity contribution in [2.24, 2.45) is 0 Å². The SMILES string of the molecule is CN(CCNc1nccc(C(F)(F)F)n1)C1CC1. The summed E-state index contributed by atoms with van der Waals surface area (Å²) in [6, 6.07) is 1.50. The van der Waals surface area contributed by atoms with Gasteiger partial charge in [-0.15, -0.1) is 0 Å². The van der Waals surface area contributed by atoms with Crippen molar-refractivity contribution in [3.8, 4) is 0 Å². The molecule has 1 heterocycles. The van der Waals surface area contributed by atoms with Crippen LogP contribution in [0.1, 0.15) is 18.5 Å². The molecule has 1 aromatic heterocycles. The first-order valence-corrected chi connectivity index (χ1v) is 5.81. The van der Waals surface area contributed by atoms with E-state index >= 15 is 0 Å². The van der Waals surface area contributed by atoms with Crippen LogP contribution in [0.4, 0.5) is 19.1 Å². The van der Waals surface area contributed by atoms with E-state index in [1.54, 1.807) is 0 Å². The average molecular weight is 260 g/mol. The van der Waals surface area contributed by atoms with Crippen LogP contribution < -0.4 is 5.32 Å². The Hall–Kier alpha value is -1.37. The maximum atomic E-state index is 12.4. The van der Waals surface area contributed by atoms with Crippen LogP contribution in [0.3, 0.4) is 0 Å². The summed E-state index contributed by atoms with van der Waals surface area (Å²) < 4.78 is 37.2. The first-order valence-electron chi connectivity index (χ1n) is 5.81. The second kappa shape index (κ2) is 5.09. The topological polar surface area (TPSA) is 41.0 Å². The van der Waals surface area contributed by atoms with Crippen LogP contribution in [-0.4, -0.2) is 41.0 Å². The zero-order chi connectivity index (χ0) is 13.2. The van der Waals surface area contributed by atoms with Gasteiger partial charge in [-0.25, -0.2) is 9.97 Å². The standard InChI is InChI=1S/C11H15F3N4/c1-18(8-2-3-8)7-6-16-10-15-5-4-9(17-10)11(12,13)14/h4-5,8H,2-3,6-7H2,1H3,(H,15,16,17). The maximum Gasteiger partial charge on any atom is 0.433 e. The number of anilines is 1. The van der Waals surface area contributed by atoms with Crippen LogP contribution in [0.2, 0.25) is 0 Å². The minimum Gasteiger partial charge on any atom is -0.353 e. The van der Waals surface area contributed by atoms with E-state index in [-0.39, 0.29) is 5.95 Å². The Morgan fingerprint density at radius 1 is 1.44 bits per heavy atom. The number of hydrogen-bond acceptors (Lipinski definition) is 4. The van der Waals surface area contributed by atoms with Crippen LogP contribution in [-0.2, 0) is 6.18 Å². The molecule has 1 aliphatic carbocycles. The van der Waals surface area contributed by atoms with Crippen LogP contribution in [0.25, 0.3) is 0 Å². The van der Waals surface area contributed by atoms with E-state index in [9.17, 15) is 13.2 Å². The molecule has 1 aromatic rings. The number of alkyl halides is 3. The molecule has 7 heteroatoms. The van der Waals surface area contributed by atoms with Crippen molar-refractivity contribution >= 4 is 5.95 Å². The Bertz CT molecular complexity index is 404. The quantitative estimate of drug-likeness (QED) is 0.879. The Balaban J connectivity index is 1.85. The average Bonchev–Trinajstić information content (AvgIpc) is 3.12. The number of rotatable bonds is 5. The van der Waals surface area contributed by atoms with E-state index in [2.05, 4.69) is 20.2 Å². The summed E-state index contributed by atoms with van der Waals surface area (Å²) in [5, 5.41) is 2.81. The number of aromatic nitrogens is 2. The highest BCUT2D eigenvalue weighted by atomic mass is 19.4. The number of likely N-dealkylation sites (N-methyl/N-ethyl adjacent to an activating group) is 1. The van der Waals surface area contributed by atoms with Crippen LogP contribution in [0.5, 0.6) is 0 Å². The molecular weight excluding hydrogens is 245 g/mol. The predicted octanol–water partition coefficient (Wildman–Crippen LogP) is 2.00. The molecule has 18 heavy (non-hydrogen) atoms. The highest BCUT2D eigenvalue weighted by Crippen LogP contribution is 2.27. The highest BCUT2D eigenvalue weighted by molar-refractivity contribution is 5.25. The molecule has 0 radical (unpaired) electrons. The molecule has 4 nitrogen and oxygen atoms in total. The molecule has 100 valence electrons. The Labute approximate surface area is 103 Å². The molecular formula is C11H15F3N4. The summed E-state index contributed by atoms with van der Waals surface area (Å²) in [6.45, 7) is 1.30. The molecule has 1 fully saturated rings. The number of nitrogens with zero attached hydrogens (tertiary/aromatic N) is 3. The second-order valence-electron chi connectivity index (χ2n) is 4.40. The van der Waals surface area contributed by atoms with Crippen molar-refractivity contribution in [2.45, 2.75) is 25.1 Å². The lowest BCUT2D eigenvalue weighted by molar-refractivity contribution is -0.141. The summed E-state index contributed by atoms with van der Waals surface area (Å²) in [4.78, 5) is 9.39. The maximum absolute atomic E-state index is 12.4. The molecule has 0 bridgehead atoms. The molecule has 1 N–H and O–H groups in total. The zero-order valence-electron chi connectivity index (χ0n) is 10.0. The monoisotopic (exact) mass is 260 g/mol. The van der Waals surface area contributed by atoms with E-state index in [0.29, 0.717) is 12.6 Å². The molecule has 2 rings (SSSR count). The number of halogens is 3. The number of nitrogens with one attached hydrogen (secondary N) is 1. The van der Waals surface area contributed by atoms with Crippen molar-refractivity contribution in [2.75, 3.05) is 25.5 Å². The van der Waals surface area contributed by atoms with Gasteiger partial charge in [0, 0.05) is 25.3 Å². The molecule has 1 saturated carbocycles. The van der Waals surface area contributed by atoms with E-state index in [4.69, 9.17) is 0 Å². The lowest BCUT2D eigenvalue weighted by Gasteiger charge is -2.15. The van der Waals surface area contributed by atoms with Crippen LogP contribution in [0.15, 0.2) is 12.3 Å². The third-order valence-corrected chi connectivity index (χ3v) is 2.86. The molecule has 0 unspecified atom stereocenters.